The first-order valence-electron chi connectivity index (χ1n) is 11.0. The fourth-order valence-corrected chi connectivity index (χ4v) is 4.34. The Morgan fingerprint density at radius 3 is 2.70 bits per heavy atom. The minimum absolute atomic E-state index is 0.0680. The molecular weight excluding hydrogens is 436 g/mol. The number of rotatable bonds is 6. The minimum Gasteiger partial charge on any atom is -0.388 e. The first kappa shape index (κ1) is 23.3. The smallest absolute Gasteiger partial charge is 0.280 e. The van der Waals surface area contributed by atoms with Gasteiger partial charge in [0.2, 0.25) is 17.6 Å². The predicted octanol–water partition coefficient (Wildman–Crippen LogP) is 1.88. The highest BCUT2D eigenvalue weighted by molar-refractivity contribution is 6.05. The van der Waals surface area contributed by atoms with Crippen LogP contribution in [0.2, 0.25) is 0 Å². The summed E-state index contributed by atoms with van der Waals surface area (Å²) in [4.78, 5) is 22.4. The van der Waals surface area contributed by atoms with Crippen molar-refractivity contribution in [1.82, 2.24) is 19.7 Å². The van der Waals surface area contributed by atoms with Crippen molar-refractivity contribution in [3.8, 4) is 0 Å². The largest absolute Gasteiger partial charge is 0.388 e. The lowest BCUT2D eigenvalue weighted by Gasteiger charge is -2.42. The number of carbonyl (C=O) groups excluding carboxylic acids is 1. The van der Waals surface area contributed by atoms with Gasteiger partial charge >= 0.3 is 0 Å². The molecule has 33 heavy (non-hydrogen) atoms. The Kier molecular flexibility index (Phi) is 5.99. The molecule has 4 N–H and O–H groups in total. The fraction of sp³-hybridized carbons (Fsp3) is 0.619. The van der Waals surface area contributed by atoms with Gasteiger partial charge in [-0.2, -0.15) is 10.1 Å². The molecule has 2 atom stereocenters. The lowest BCUT2D eigenvalue weighted by Crippen LogP contribution is -2.64. The zero-order chi connectivity index (χ0) is 24.0. The summed E-state index contributed by atoms with van der Waals surface area (Å²) in [5.41, 5.74) is -0.420. The predicted molar refractivity (Wildman–Crippen MR) is 117 cm³/mol. The van der Waals surface area contributed by atoms with Crippen LogP contribution in [0.25, 0.3) is 0 Å². The van der Waals surface area contributed by atoms with Crippen LogP contribution in [-0.2, 0) is 17.9 Å². The van der Waals surface area contributed by atoms with E-state index in [1.54, 1.807) is 17.8 Å². The van der Waals surface area contributed by atoms with Crippen molar-refractivity contribution in [2.24, 2.45) is 5.92 Å². The van der Waals surface area contributed by atoms with Crippen LogP contribution in [0.1, 0.15) is 43.9 Å². The number of anilines is 3. The van der Waals surface area contributed by atoms with Gasteiger partial charge in [0.05, 0.1) is 11.9 Å². The molecule has 3 heterocycles. The highest BCUT2D eigenvalue weighted by Gasteiger charge is 2.50. The number of aryl methyl sites for hydroxylation is 1. The summed E-state index contributed by atoms with van der Waals surface area (Å²) < 4.78 is 28.5. The van der Waals surface area contributed by atoms with E-state index in [9.17, 15) is 23.8 Å². The van der Waals surface area contributed by atoms with Crippen molar-refractivity contribution in [2.75, 3.05) is 22.6 Å². The summed E-state index contributed by atoms with van der Waals surface area (Å²) in [5, 5.41) is 30.7. The van der Waals surface area contributed by atoms with Crippen molar-refractivity contribution in [2.45, 2.75) is 70.4 Å². The minimum atomic E-state index is -2.54. The lowest BCUT2D eigenvalue weighted by molar-refractivity contribution is -0.145. The fourth-order valence-electron chi connectivity index (χ4n) is 4.34. The second-order valence-electron chi connectivity index (χ2n) is 8.97. The number of aliphatic hydroxyl groups excluding tert-OH is 1. The van der Waals surface area contributed by atoms with Crippen LogP contribution in [0.3, 0.4) is 0 Å². The van der Waals surface area contributed by atoms with E-state index in [1.165, 1.54) is 18.9 Å². The Bertz CT molecular complexity index is 1030. The molecule has 2 aromatic rings. The van der Waals surface area contributed by atoms with Crippen molar-refractivity contribution < 1.29 is 23.8 Å². The van der Waals surface area contributed by atoms with Gasteiger partial charge in [-0.25, -0.2) is 13.8 Å². The number of aromatic nitrogens is 4. The third kappa shape index (κ3) is 4.49. The molecule has 0 bridgehead atoms. The monoisotopic (exact) mass is 465 g/mol. The van der Waals surface area contributed by atoms with Crippen molar-refractivity contribution in [1.29, 1.82) is 0 Å². The molecule has 1 saturated carbocycles. The van der Waals surface area contributed by atoms with Crippen LogP contribution in [0.15, 0.2) is 12.4 Å². The molecule has 0 aromatic carbocycles. The Hall–Kier alpha value is -2.86. The highest BCUT2D eigenvalue weighted by atomic mass is 19.3. The van der Waals surface area contributed by atoms with E-state index < -0.39 is 23.7 Å². The maximum absolute atomic E-state index is 13.3. The number of hydrogen-bond acceptors (Lipinski definition) is 8. The Labute approximate surface area is 190 Å². The van der Waals surface area contributed by atoms with Crippen molar-refractivity contribution >= 4 is 23.4 Å². The number of carbonyl (C=O) groups is 1. The molecule has 4 rings (SSSR count). The second-order valence-corrected chi connectivity index (χ2v) is 8.97. The number of alkyl halides is 2. The number of amides is 1. The van der Waals surface area contributed by atoms with E-state index in [1.807, 2.05) is 6.20 Å². The summed E-state index contributed by atoms with van der Waals surface area (Å²) in [7, 11) is 1.48. The van der Waals surface area contributed by atoms with Crippen LogP contribution in [0.5, 0.6) is 0 Å². The third-order valence-electron chi connectivity index (χ3n) is 6.47. The average molecular weight is 466 g/mol. The quantitative estimate of drug-likeness (QED) is 0.509. The number of hydrogen-bond donors (Lipinski definition) is 4. The molecule has 0 unspecified atom stereocenters. The topological polar surface area (TPSA) is 128 Å². The standard InChI is InChI=1S/C21H29F2N7O3/c1-12-16-17(29(3)21(33,13(2)31)18(32)27-16)28-19(26-12)24-8-15-9-25-30(11-15)10-14-4-6-20(22,23)7-5-14/h9,11,13-14,31,33H,4-8,10H2,1-3H3,(H,27,32)(H,24,26,28)/t13-,21+/m1/s1. The van der Waals surface area contributed by atoms with Gasteiger partial charge in [0.25, 0.3) is 5.91 Å². The summed E-state index contributed by atoms with van der Waals surface area (Å²) >= 11 is 0. The summed E-state index contributed by atoms with van der Waals surface area (Å²) in [6, 6.07) is 0. The van der Waals surface area contributed by atoms with Crippen molar-refractivity contribution in [3.05, 3.63) is 23.7 Å². The van der Waals surface area contributed by atoms with Gasteiger partial charge in [0, 0.05) is 44.7 Å². The van der Waals surface area contributed by atoms with Crippen LogP contribution in [0.4, 0.5) is 26.2 Å². The zero-order valence-electron chi connectivity index (χ0n) is 18.8. The normalized spacial score (nSPS) is 23.7. The molecule has 180 valence electrons. The summed E-state index contributed by atoms with van der Waals surface area (Å²) in [6.45, 7) is 4.01. The van der Waals surface area contributed by atoms with Crippen LogP contribution < -0.4 is 15.5 Å². The van der Waals surface area contributed by atoms with Gasteiger partial charge in [-0.15, -0.1) is 0 Å². The van der Waals surface area contributed by atoms with Crippen molar-refractivity contribution in [3.63, 3.8) is 0 Å². The molecule has 0 spiro atoms. The molecule has 0 radical (unpaired) electrons. The van der Waals surface area contributed by atoms with E-state index in [2.05, 4.69) is 25.7 Å². The number of nitrogens with zero attached hydrogens (tertiary/aromatic N) is 5. The SMILES string of the molecule is Cc1nc(NCc2cnn(CC3CCC(F)(F)CC3)c2)nc2c1NC(=O)[C@@](O)([C@@H](C)O)N2C. The van der Waals surface area contributed by atoms with E-state index in [0.29, 0.717) is 37.3 Å². The number of nitrogens with one attached hydrogen (secondary N) is 2. The lowest BCUT2D eigenvalue weighted by atomic mass is 9.87. The molecule has 2 aliphatic rings. The molecule has 0 saturated heterocycles. The van der Waals surface area contributed by atoms with Crippen LogP contribution in [-0.4, -0.2) is 60.7 Å². The summed E-state index contributed by atoms with van der Waals surface area (Å²) in [5.74, 6) is -2.54. The number of likely N-dealkylation sites (N-methyl/N-ethyl adjacent to an activating group) is 1. The first-order chi connectivity index (χ1) is 15.5. The van der Waals surface area contributed by atoms with E-state index in [0.717, 1.165) is 5.56 Å². The molecule has 1 amide bonds. The van der Waals surface area contributed by atoms with E-state index >= 15 is 0 Å². The van der Waals surface area contributed by atoms with Crippen LogP contribution >= 0.6 is 0 Å². The van der Waals surface area contributed by atoms with E-state index in [4.69, 9.17) is 0 Å². The maximum atomic E-state index is 13.3. The van der Waals surface area contributed by atoms with E-state index in [-0.39, 0.29) is 30.5 Å². The molecule has 2 aromatic heterocycles. The number of halogens is 2. The van der Waals surface area contributed by atoms with Gasteiger partial charge in [-0.05, 0) is 32.6 Å². The second kappa shape index (κ2) is 8.49. The molecule has 1 fully saturated rings. The van der Waals surface area contributed by atoms with Gasteiger partial charge in [0.15, 0.2) is 5.82 Å². The molecule has 1 aliphatic heterocycles. The molecular formula is C21H29F2N7O3. The van der Waals surface area contributed by atoms with Gasteiger partial charge in [0.1, 0.15) is 11.8 Å². The average Bonchev–Trinajstić information content (AvgIpc) is 3.20. The summed E-state index contributed by atoms with van der Waals surface area (Å²) in [6.07, 6.45) is 3.06. The molecule has 1 aliphatic carbocycles. The third-order valence-corrected chi connectivity index (χ3v) is 6.47. The number of aliphatic hydroxyl groups is 2. The van der Waals surface area contributed by atoms with Gasteiger partial charge < -0.3 is 25.7 Å². The molecule has 12 heteroatoms. The zero-order valence-corrected chi connectivity index (χ0v) is 18.8. The van der Waals surface area contributed by atoms with Crippen LogP contribution in [0, 0.1) is 12.8 Å². The Balaban J connectivity index is 1.43. The Morgan fingerprint density at radius 2 is 2.03 bits per heavy atom. The molecule has 10 nitrogen and oxygen atoms in total. The van der Waals surface area contributed by atoms with Gasteiger partial charge in [-0.1, -0.05) is 0 Å². The highest BCUT2D eigenvalue weighted by Crippen LogP contribution is 2.38. The first-order valence-corrected chi connectivity index (χ1v) is 11.0. The maximum Gasteiger partial charge on any atom is 0.280 e. The number of fused-ring (bicyclic) bond motifs is 1. The Morgan fingerprint density at radius 1 is 1.33 bits per heavy atom. The van der Waals surface area contributed by atoms with Gasteiger partial charge in [-0.3, -0.25) is 9.48 Å².